The summed E-state index contributed by atoms with van der Waals surface area (Å²) >= 11 is 9.08. The van der Waals surface area contributed by atoms with Crippen molar-refractivity contribution in [2.24, 2.45) is 0 Å². The van der Waals surface area contributed by atoms with Gasteiger partial charge >= 0.3 is 0 Å². The molecule has 0 bridgehead atoms. The zero-order chi connectivity index (χ0) is 14.5. The maximum atomic E-state index is 12.1. The quantitative estimate of drug-likeness (QED) is 0.824. The maximum absolute atomic E-state index is 12.1. The van der Waals surface area contributed by atoms with Crippen LogP contribution in [0.3, 0.4) is 0 Å². The highest BCUT2D eigenvalue weighted by Crippen LogP contribution is 2.25. The van der Waals surface area contributed by atoms with Gasteiger partial charge in [-0.05, 0) is 51.8 Å². The highest BCUT2D eigenvalue weighted by molar-refractivity contribution is 9.10. The first-order valence-corrected chi connectivity index (χ1v) is 7.26. The second kappa shape index (κ2) is 6.77. The highest BCUT2D eigenvalue weighted by atomic mass is 79.9. The van der Waals surface area contributed by atoms with Crippen LogP contribution in [0.25, 0.3) is 0 Å². The van der Waals surface area contributed by atoms with Crippen molar-refractivity contribution < 1.29 is 9.53 Å². The number of ether oxygens (including phenoxy) is 1. The van der Waals surface area contributed by atoms with Crippen LogP contribution in [0.5, 0.6) is 5.75 Å². The van der Waals surface area contributed by atoms with Crippen molar-refractivity contribution in [1.82, 2.24) is 0 Å². The van der Waals surface area contributed by atoms with Crippen molar-refractivity contribution in [1.29, 1.82) is 0 Å². The van der Waals surface area contributed by atoms with Crippen LogP contribution < -0.4 is 10.1 Å². The second-order valence-electron chi connectivity index (χ2n) is 4.13. The molecule has 0 spiro atoms. The lowest BCUT2D eigenvalue weighted by atomic mass is 10.2. The van der Waals surface area contributed by atoms with Gasteiger partial charge in [0.2, 0.25) is 0 Å². The van der Waals surface area contributed by atoms with E-state index in [0.29, 0.717) is 17.2 Å². The van der Waals surface area contributed by atoms with Crippen LogP contribution in [0.15, 0.2) is 46.9 Å². The molecule has 0 unspecified atom stereocenters. The molecular weight excluding hydrogens is 342 g/mol. The molecule has 0 saturated heterocycles. The lowest BCUT2D eigenvalue weighted by molar-refractivity contribution is 0.102. The van der Waals surface area contributed by atoms with Crippen molar-refractivity contribution in [2.75, 3.05) is 12.4 Å². The third kappa shape index (κ3) is 3.52. The van der Waals surface area contributed by atoms with E-state index in [4.69, 9.17) is 16.3 Å². The molecule has 0 aliphatic carbocycles. The number of carbonyl (C=O) groups is 1. The van der Waals surface area contributed by atoms with E-state index < -0.39 is 0 Å². The summed E-state index contributed by atoms with van der Waals surface area (Å²) < 4.78 is 5.87. The molecule has 1 N–H and O–H groups in total. The summed E-state index contributed by atoms with van der Waals surface area (Å²) in [5.74, 6) is 0.972. The monoisotopic (exact) mass is 353 g/mol. The van der Waals surface area contributed by atoms with E-state index in [9.17, 15) is 4.79 Å². The molecule has 5 heteroatoms. The normalized spacial score (nSPS) is 10.2. The Bertz CT molecular complexity index is 614. The van der Waals surface area contributed by atoms with E-state index in [0.717, 1.165) is 15.7 Å². The van der Waals surface area contributed by atoms with Crippen LogP contribution in [0.1, 0.15) is 15.9 Å². The molecule has 2 rings (SSSR count). The van der Waals surface area contributed by atoms with E-state index in [2.05, 4.69) is 21.2 Å². The minimum Gasteiger partial charge on any atom is -0.496 e. The van der Waals surface area contributed by atoms with Gasteiger partial charge in [0.25, 0.3) is 5.91 Å². The van der Waals surface area contributed by atoms with Gasteiger partial charge in [-0.1, -0.05) is 12.1 Å². The Balaban J connectivity index is 2.12. The standard InChI is InChI=1S/C15H13BrClNO2/c1-20-14-7-4-11(8-13(14)16)15(19)18-12-5-2-10(9-17)3-6-12/h2-8H,9H2,1H3,(H,18,19). The van der Waals surface area contributed by atoms with Crippen LogP contribution >= 0.6 is 27.5 Å². The Morgan fingerprint density at radius 2 is 1.95 bits per heavy atom. The van der Waals surface area contributed by atoms with Crippen LogP contribution in [-0.4, -0.2) is 13.0 Å². The Hall–Kier alpha value is -1.52. The van der Waals surface area contributed by atoms with Gasteiger partial charge in [-0.3, -0.25) is 4.79 Å². The number of hydrogen-bond acceptors (Lipinski definition) is 2. The topological polar surface area (TPSA) is 38.3 Å². The first-order valence-electron chi connectivity index (χ1n) is 5.94. The number of anilines is 1. The van der Waals surface area contributed by atoms with Crippen molar-refractivity contribution in [3.8, 4) is 5.75 Å². The SMILES string of the molecule is COc1ccc(C(=O)Nc2ccc(CCl)cc2)cc1Br. The van der Waals surface area contributed by atoms with E-state index in [1.807, 2.05) is 24.3 Å². The number of hydrogen-bond donors (Lipinski definition) is 1. The Morgan fingerprint density at radius 3 is 2.50 bits per heavy atom. The number of benzene rings is 2. The third-order valence-corrected chi connectivity index (χ3v) is 3.71. The van der Waals surface area contributed by atoms with Gasteiger partial charge in [-0.2, -0.15) is 0 Å². The fourth-order valence-electron chi connectivity index (χ4n) is 1.69. The van der Waals surface area contributed by atoms with Gasteiger partial charge in [0, 0.05) is 17.1 Å². The van der Waals surface area contributed by atoms with Gasteiger partial charge in [0.15, 0.2) is 0 Å². The molecule has 0 atom stereocenters. The summed E-state index contributed by atoms with van der Waals surface area (Å²) in [6.45, 7) is 0. The van der Waals surface area contributed by atoms with E-state index in [1.54, 1.807) is 25.3 Å². The first kappa shape index (κ1) is 14.9. The summed E-state index contributed by atoms with van der Waals surface area (Å²) in [6, 6.07) is 12.6. The summed E-state index contributed by atoms with van der Waals surface area (Å²) in [4.78, 5) is 12.1. The van der Waals surface area contributed by atoms with Gasteiger partial charge in [-0.25, -0.2) is 0 Å². The molecule has 2 aromatic carbocycles. The summed E-state index contributed by atoms with van der Waals surface area (Å²) in [7, 11) is 1.58. The number of carbonyl (C=O) groups excluding carboxylic acids is 1. The van der Waals surface area contributed by atoms with E-state index in [1.165, 1.54) is 0 Å². The summed E-state index contributed by atoms with van der Waals surface area (Å²) in [6.07, 6.45) is 0. The molecule has 0 aliphatic rings. The predicted molar refractivity (Wildman–Crippen MR) is 84.6 cm³/mol. The molecule has 104 valence electrons. The van der Waals surface area contributed by atoms with Crippen LogP contribution in [0, 0.1) is 0 Å². The van der Waals surface area contributed by atoms with Crippen molar-refractivity contribution in [3.63, 3.8) is 0 Å². The molecule has 3 nitrogen and oxygen atoms in total. The molecule has 0 aliphatic heterocycles. The molecule has 0 heterocycles. The van der Waals surface area contributed by atoms with Crippen LogP contribution in [0.4, 0.5) is 5.69 Å². The molecule has 2 aromatic rings. The number of methoxy groups -OCH3 is 1. The average molecular weight is 355 g/mol. The van der Waals surface area contributed by atoms with Gasteiger partial charge < -0.3 is 10.1 Å². The van der Waals surface area contributed by atoms with Gasteiger partial charge in [-0.15, -0.1) is 11.6 Å². The van der Waals surface area contributed by atoms with E-state index >= 15 is 0 Å². The van der Waals surface area contributed by atoms with Crippen molar-refractivity contribution >= 4 is 39.1 Å². The zero-order valence-electron chi connectivity index (χ0n) is 10.8. The number of alkyl halides is 1. The Morgan fingerprint density at radius 1 is 1.25 bits per heavy atom. The van der Waals surface area contributed by atoms with Crippen molar-refractivity contribution in [3.05, 3.63) is 58.1 Å². The molecule has 1 amide bonds. The molecule has 0 fully saturated rings. The predicted octanol–water partition coefficient (Wildman–Crippen LogP) is 4.45. The first-order chi connectivity index (χ1) is 9.63. The number of nitrogens with one attached hydrogen (secondary N) is 1. The smallest absolute Gasteiger partial charge is 0.255 e. The fourth-order valence-corrected chi connectivity index (χ4v) is 2.41. The zero-order valence-corrected chi connectivity index (χ0v) is 13.2. The lowest BCUT2D eigenvalue weighted by Gasteiger charge is -2.08. The average Bonchev–Trinajstić information content (AvgIpc) is 2.48. The number of amides is 1. The fraction of sp³-hybridized carbons (Fsp3) is 0.133. The second-order valence-corrected chi connectivity index (χ2v) is 5.26. The van der Waals surface area contributed by atoms with Crippen LogP contribution in [-0.2, 0) is 5.88 Å². The van der Waals surface area contributed by atoms with Gasteiger partial charge in [0.1, 0.15) is 5.75 Å². The summed E-state index contributed by atoms with van der Waals surface area (Å²) in [5.41, 5.74) is 2.30. The Kier molecular flexibility index (Phi) is 5.04. The number of rotatable bonds is 4. The third-order valence-electron chi connectivity index (χ3n) is 2.78. The van der Waals surface area contributed by atoms with Gasteiger partial charge in [0.05, 0.1) is 11.6 Å². The minimum atomic E-state index is -0.174. The van der Waals surface area contributed by atoms with Crippen LogP contribution in [0.2, 0.25) is 0 Å². The molecular formula is C15H13BrClNO2. The highest BCUT2D eigenvalue weighted by Gasteiger charge is 2.09. The molecule has 0 saturated carbocycles. The van der Waals surface area contributed by atoms with Crippen molar-refractivity contribution in [2.45, 2.75) is 5.88 Å². The largest absolute Gasteiger partial charge is 0.496 e. The minimum absolute atomic E-state index is 0.174. The van der Waals surface area contributed by atoms with E-state index in [-0.39, 0.29) is 5.91 Å². The number of halogens is 2. The molecule has 0 radical (unpaired) electrons. The Labute approximate surface area is 131 Å². The molecule has 20 heavy (non-hydrogen) atoms. The lowest BCUT2D eigenvalue weighted by Crippen LogP contribution is -2.11. The summed E-state index contributed by atoms with van der Waals surface area (Å²) in [5, 5.41) is 2.83. The molecule has 0 aromatic heterocycles. The maximum Gasteiger partial charge on any atom is 0.255 e.